The number of likely N-dealkylation sites (tertiary alicyclic amines) is 2. The molecule has 1 aromatic heterocycles. The zero-order chi connectivity index (χ0) is 32.5. The third-order valence-electron chi connectivity index (χ3n) is 11.3. The second kappa shape index (κ2) is 11.4. The van der Waals surface area contributed by atoms with Gasteiger partial charge in [0.2, 0.25) is 5.91 Å². The maximum atomic E-state index is 15.2. The van der Waals surface area contributed by atoms with Crippen LogP contribution >= 0.6 is 11.6 Å². The molecule has 242 valence electrons. The van der Waals surface area contributed by atoms with E-state index in [-0.39, 0.29) is 40.0 Å². The fraction of sp³-hybridized carbons (Fsp3) is 0.583. The molecule has 3 heterocycles. The number of hydrogen-bond donors (Lipinski definition) is 0. The maximum absolute atomic E-state index is 15.2. The SMILES string of the molecule is Cc1cc2c(cc1Cl)C1(CCN(C(=O)[C@@H]3CCN(C(C)(C)C)C[C@H]3c3ccc(F)cc3F)CC1)C[C@@H]2C(C)(C)c1ncnn1C. The minimum atomic E-state index is -0.600. The number of amides is 1. The van der Waals surface area contributed by atoms with Gasteiger partial charge in [0, 0.05) is 60.6 Å². The van der Waals surface area contributed by atoms with Gasteiger partial charge < -0.3 is 4.90 Å². The van der Waals surface area contributed by atoms with Crippen molar-refractivity contribution in [2.24, 2.45) is 13.0 Å². The average molecular weight is 638 g/mol. The average Bonchev–Trinajstić information content (AvgIpc) is 3.55. The summed E-state index contributed by atoms with van der Waals surface area (Å²) in [7, 11) is 1.95. The van der Waals surface area contributed by atoms with E-state index >= 15 is 4.39 Å². The molecule has 0 N–H and O–H groups in total. The van der Waals surface area contributed by atoms with E-state index in [1.165, 1.54) is 23.3 Å². The maximum Gasteiger partial charge on any atom is 0.226 e. The molecular weight excluding hydrogens is 592 g/mol. The van der Waals surface area contributed by atoms with Crippen molar-refractivity contribution in [2.75, 3.05) is 26.2 Å². The summed E-state index contributed by atoms with van der Waals surface area (Å²) in [4.78, 5) is 23.3. The number of fused-ring (bicyclic) bond motifs is 2. The Morgan fingerprint density at radius 2 is 1.73 bits per heavy atom. The molecule has 1 amide bonds. The van der Waals surface area contributed by atoms with Crippen LogP contribution in [-0.2, 0) is 22.7 Å². The number of carbonyl (C=O) groups excluding carboxylic acids is 1. The topological polar surface area (TPSA) is 54.3 Å². The number of halogens is 3. The number of hydrogen-bond acceptors (Lipinski definition) is 4. The standard InChI is InChI=1S/C36H46ClF2N5O/c1-22-16-26-28(18-30(22)37)36(19-29(26)35(5,6)33-40-21-41-42(33)7)11-14-43(15-12-36)32(45)25-10-13-44(34(2,3)4)20-27(25)24-9-8-23(38)17-31(24)39/h8-9,16-18,21,25,27,29H,10-15,19-20H2,1-7H3/t25-,27+,29+/m1/s1. The van der Waals surface area contributed by atoms with Gasteiger partial charge in [-0.1, -0.05) is 37.6 Å². The van der Waals surface area contributed by atoms with E-state index in [4.69, 9.17) is 11.6 Å². The molecule has 0 saturated carbocycles. The highest BCUT2D eigenvalue weighted by Gasteiger charge is 2.52. The van der Waals surface area contributed by atoms with Gasteiger partial charge in [-0.05, 0) is 106 Å². The summed E-state index contributed by atoms with van der Waals surface area (Å²) in [5.41, 5.74) is 3.65. The highest BCUT2D eigenvalue weighted by molar-refractivity contribution is 6.31. The van der Waals surface area contributed by atoms with Crippen LogP contribution in [0.3, 0.4) is 0 Å². The smallest absolute Gasteiger partial charge is 0.226 e. The molecular formula is C36H46ClF2N5O. The molecule has 3 aromatic rings. The number of rotatable bonds is 4. The molecule has 9 heteroatoms. The van der Waals surface area contributed by atoms with E-state index < -0.39 is 11.6 Å². The van der Waals surface area contributed by atoms with Gasteiger partial charge in [-0.25, -0.2) is 13.8 Å². The van der Waals surface area contributed by atoms with Gasteiger partial charge in [-0.3, -0.25) is 14.4 Å². The number of nitrogens with zero attached hydrogens (tertiary/aromatic N) is 5. The minimum Gasteiger partial charge on any atom is -0.342 e. The minimum absolute atomic E-state index is 0.0863. The molecule has 3 aliphatic rings. The summed E-state index contributed by atoms with van der Waals surface area (Å²) in [6, 6.07) is 8.22. The van der Waals surface area contributed by atoms with Gasteiger partial charge in [0.1, 0.15) is 23.8 Å². The molecule has 1 spiro atoms. The molecule has 0 unspecified atom stereocenters. The van der Waals surface area contributed by atoms with Crippen LogP contribution in [0.15, 0.2) is 36.7 Å². The van der Waals surface area contributed by atoms with E-state index in [1.54, 1.807) is 6.33 Å². The van der Waals surface area contributed by atoms with E-state index in [0.717, 1.165) is 48.3 Å². The van der Waals surface area contributed by atoms with Gasteiger partial charge in [-0.2, -0.15) is 5.10 Å². The number of benzene rings is 2. The summed E-state index contributed by atoms with van der Waals surface area (Å²) in [6.45, 7) is 15.6. The van der Waals surface area contributed by atoms with Crippen molar-refractivity contribution in [3.05, 3.63) is 81.4 Å². The summed E-state index contributed by atoms with van der Waals surface area (Å²) >= 11 is 6.75. The fourth-order valence-corrected chi connectivity index (χ4v) is 8.74. The molecule has 2 fully saturated rings. The predicted octanol–water partition coefficient (Wildman–Crippen LogP) is 7.28. The van der Waals surface area contributed by atoms with Crippen molar-refractivity contribution in [2.45, 2.75) is 95.4 Å². The van der Waals surface area contributed by atoms with Crippen LogP contribution in [0.1, 0.15) is 100 Å². The monoisotopic (exact) mass is 637 g/mol. The highest BCUT2D eigenvalue weighted by Crippen LogP contribution is 2.58. The lowest BCUT2D eigenvalue weighted by Gasteiger charge is -2.47. The van der Waals surface area contributed by atoms with Crippen LogP contribution in [0.25, 0.3) is 0 Å². The summed E-state index contributed by atoms with van der Waals surface area (Å²) < 4.78 is 31.0. The van der Waals surface area contributed by atoms with Crippen LogP contribution < -0.4 is 0 Å². The Morgan fingerprint density at radius 1 is 1.02 bits per heavy atom. The first kappa shape index (κ1) is 32.1. The van der Waals surface area contributed by atoms with Crippen molar-refractivity contribution in [3.8, 4) is 0 Å². The van der Waals surface area contributed by atoms with Crippen LogP contribution in [0.4, 0.5) is 8.78 Å². The molecule has 2 saturated heterocycles. The Labute approximate surface area is 271 Å². The van der Waals surface area contributed by atoms with E-state index in [1.807, 2.05) is 16.6 Å². The number of aromatic nitrogens is 3. The first-order chi connectivity index (χ1) is 21.1. The largest absolute Gasteiger partial charge is 0.342 e. The molecule has 6 rings (SSSR count). The Bertz CT molecular complexity index is 1600. The van der Waals surface area contributed by atoms with Crippen molar-refractivity contribution in [1.29, 1.82) is 0 Å². The molecule has 2 aliphatic heterocycles. The van der Waals surface area contributed by atoms with Crippen LogP contribution in [-0.4, -0.2) is 62.2 Å². The lowest BCUT2D eigenvalue weighted by atomic mass is 9.69. The Hall–Kier alpha value is -2.84. The molecule has 45 heavy (non-hydrogen) atoms. The highest BCUT2D eigenvalue weighted by atomic mass is 35.5. The van der Waals surface area contributed by atoms with Crippen molar-refractivity contribution < 1.29 is 13.6 Å². The molecule has 6 nitrogen and oxygen atoms in total. The lowest BCUT2D eigenvalue weighted by Crippen LogP contribution is -2.54. The van der Waals surface area contributed by atoms with Crippen LogP contribution in [0.5, 0.6) is 0 Å². The molecule has 0 radical (unpaired) electrons. The first-order valence-corrected chi connectivity index (χ1v) is 16.6. The predicted molar refractivity (Wildman–Crippen MR) is 174 cm³/mol. The number of piperidine rings is 2. The third kappa shape index (κ3) is 5.60. The van der Waals surface area contributed by atoms with Crippen molar-refractivity contribution in [1.82, 2.24) is 24.6 Å². The zero-order valence-corrected chi connectivity index (χ0v) is 28.4. The molecule has 0 bridgehead atoms. The lowest BCUT2D eigenvalue weighted by molar-refractivity contribution is -0.140. The summed E-state index contributed by atoms with van der Waals surface area (Å²) in [5, 5.41) is 5.15. The van der Waals surface area contributed by atoms with Crippen LogP contribution in [0, 0.1) is 24.5 Å². The van der Waals surface area contributed by atoms with Crippen molar-refractivity contribution >= 4 is 17.5 Å². The Morgan fingerprint density at radius 3 is 2.36 bits per heavy atom. The molecule has 2 aromatic carbocycles. The summed E-state index contributed by atoms with van der Waals surface area (Å²) in [6.07, 6.45) is 4.90. The fourth-order valence-electron chi connectivity index (χ4n) is 8.58. The second-order valence-corrected chi connectivity index (χ2v) is 15.7. The van der Waals surface area contributed by atoms with Gasteiger partial charge in [0.25, 0.3) is 0 Å². The summed E-state index contributed by atoms with van der Waals surface area (Å²) in [5.74, 6) is -0.601. The normalized spacial score (nSPS) is 23.9. The molecule has 1 aliphatic carbocycles. The quantitative estimate of drug-likeness (QED) is 0.302. The first-order valence-electron chi connectivity index (χ1n) is 16.3. The van der Waals surface area contributed by atoms with Gasteiger partial charge in [0.05, 0.1) is 0 Å². The van der Waals surface area contributed by atoms with E-state index in [9.17, 15) is 9.18 Å². The number of aryl methyl sites for hydroxylation is 2. The van der Waals surface area contributed by atoms with E-state index in [0.29, 0.717) is 31.6 Å². The Kier molecular flexibility index (Phi) is 8.17. The van der Waals surface area contributed by atoms with Crippen molar-refractivity contribution in [3.63, 3.8) is 0 Å². The van der Waals surface area contributed by atoms with Gasteiger partial charge in [0.15, 0.2) is 0 Å². The Balaban J connectivity index is 1.27. The molecule has 3 atom stereocenters. The van der Waals surface area contributed by atoms with Gasteiger partial charge >= 0.3 is 0 Å². The van der Waals surface area contributed by atoms with Crippen LogP contribution in [0.2, 0.25) is 5.02 Å². The third-order valence-corrected chi connectivity index (χ3v) is 11.7. The zero-order valence-electron chi connectivity index (χ0n) is 27.6. The van der Waals surface area contributed by atoms with Gasteiger partial charge in [-0.15, -0.1) is 0 Å². The second-order valence-electron chi connectivity index (χ2n) is 15.3. The number of carbonyl (C=O) groups is 1. The van der Waals surface area contributed by atoms with E-state index in [2.05, 4.69) is 68.7 Å².